The predicted octanol–water partition coefficient (Wildman–Crippen LogP) is 2.47. The van der Waals surface area contributed by atoms with Gasteiger partial charge in [0.05, 0.1) is 4.83 Å². The van der Waals surface area contributed by atoms with Crippen molar-refractivity contribution in [3.63, 3.8) is 0 Å². The predicted molar refractivity (Wildman–Crippen MR) is 60.4 cm³/mol. The second kappa shape index (κ2) is 3.84. The fourth-order valence-electron chi connectivity index (χ4n) is 2.14. The molecular formula is C11H18BrNO. The lowest BCUT2D eigenvalue weighted by atomic mass is 10.0. The molecule has 2 nitrogen and oxygen atoms in total. The highest BCUT2D eigenvalue weighted by Crippen LogP contribution is 2.60. The maximum Gasteiger partial charge on any atom is 0.233 e. The number of carbonyl (C=O) groups is 1. The second-order valence-electron chi connectivity index (χ2n) is 4.73. The van der Waals surface area contributed by atoms with Gasteiger partial charge in [0.25, 0.3) is 0 Å². The molecule has 0 radical (unpaired) electrons. The Morgan fingerprint density at radius 3 is 2.64 bits per heavy atom. The summed E-state index contributed by atoms with van der Waals surface area (Å²) >= 11 is 3.37. The minimum atomic E-state index is -0.00231. The maximum atomic E-state index is 11.5. The van der Waals surface area contributed by atoms with E-state index < -0.39 is 0 Å². The molecule has 0 saturated heterocycles. The average molecular weight is 260 g/mol. The summed E-state index contributed by atoms with van der Waals surface area (Å²) in [4.78, 5) is 11.5. The van der Waals surface area contributed by atoms with E-state index in [-0.39, 0.29) is 10.7 Å². The molecule has 2 aliphatic carbocycles. The highest BCUT2D eigenvalue weighted by molar-refractivity contribution is 9.10. The molecule has 0 heterocycles. The van der Waals surface area contributed by atoms with Crippen molar-refractivity contribution in [2.45, 2.75) is 43.9 Å². The van der Waals surface area contributed by atoms with Crippen molar-refractivity contribution in [3.8, 4) is 0 Å². The van der Waals surface area contributed by atoms with E-state index in [1.54, 1.807) is 0 Å². The van der Waals surface area contributed by atoms with Crippen LogP contribution in [-0.2, 0) is 4.79 Å². The molecule has 3 heteroatoms. The van der Waals surface area contributed by atoms with Crippen LogP contribution in [0.5, 0.6) is 0 Å². The summed E-state index contributed by atoms with van der Waals surface area (Å²) in [5.41, 5.74) is 0.524. The van der Waals surface area contributed by atoms with Gasteiger partial charge in [-0.3, -0.25) is 4.79 Å². The van der Waals surface area contributed by atoms with Gasteiger partial charge in [0.2, 0.25) is 5.91 Å². The number of alkyl halides is 1. The first-order chi connectivity index (χ1) is 6.68. The lowest BCUT2D eigenvalue weighted by molar-refractivity contribution is -0.120. The molecule has 0 aliphatic heterocycles. The summed E-state index contributed by atoms with van der Waals surface area (Å²) in [6, 6.07) is 0. The Morgan fingerprint density at radius 2 is 2.21 bits per heavy atom. The van der Waals surface area contributed by atoms with E-state index in [4.69, 9.17) is 0 Å². The Morgan fingerprint density at radius 1 is 1.57 bits per heavy atom. The number of hydrogen-bond acceptors (Lipinski definition) is 1. The van der Waals surface area contributed by atoms with E-state index in [9.17, 15) is 4.79 Å². The van der Waals surface area contributed by atoms with Gasteiger partial charge < -0.3 is 5.32 Å². The van der Waals surface area contributed by atoms with Gasteiger partial charge in [0.15, 0.2) is 0 Å². The zero-order chi connectivity index (χ0) is 10.2. The molecule has 1 N–H and O–H groups in total. The fourth-order valence-corrected chi connectivity index (χ4v) is 2.31. The summed E-state index contributed by atoms with van der Waals surface area (Å²) in [6.07, 6.45) is 6.30. The molecular weight excluding hydrogens is 242 g/mol. The fraction of sp³-hybridized carbons (Fsp3) is 0.909. The average Bonchev–Trinajstić information content (AvgIpc) is 3.03. The van der Waals surface area contributed by atoms with Crippen molar-refractivity contribution in [1.29, 1.82) is 0 Å². The van der Waals surface area contributed by atoms with E-state index >= 15 is 0 Å². The van der Waals surface area contributed by atoms with E-state index in [0.29, 0.717) is 5.41 Å². The van der Waals surface area contributed by atoms with Crippen LogP contribution in [-0.4, -0.2) is 17.3 Å². The standard InChI is InChI=1S/C11H18BrNO/c1-2-9(12)10(14)13-7-11(5-6-11)8-3-4-8/h8-9H,2-7H2,1H3,(H,13,14). The second-order valence-corrected chi connectivity index (χ2v) is 5.84. The minimum absolute atomic E-state index is 0.00231. The highest BCUT2D eigenvalue weighted by atomic mass is 79.9. The van der Waals surface area contributed by atoms with Crippen LogP contribution in [0.25, 0.3) is 0 Å². The molecule has 1 unspecified atom stereocenters. The number of halogens is 1. The van der Waals surface area contributed by atoms with Crippen LogP contribution >= 0.6 is 15.9 Å². The molecule has 0 aromatic heterocycles. The zero-order valence-corrected chi connectivity index (χ0v) is 10.3. The van der Waals surface area contributed by atoms with Crippen LogP contribution in [0.15, 0.2) is 0 Å². The van der Waals surface area contributed by atoms with Crippen LogP contribution < -0.4 is 5.32 Å². The minimum Gasteiger partial charge on any atom is -0.355 e. The van der Waals surface area contributed by atoms with Gasteiger partial charge in [-0.15, -0.1) is 0 Å². The molecule has 80 valence electrons. The summed E-state index contributed by atoms with van der Waals surface area (Å²) in [5, 5.41) is 3.07. The molecule has 1 atom stereocenters. The molecule has 0 aromatic carbocycles. The van der Waals surface area contributed by atoms with E-state index in [1.807, 2.05) is 6.92 Å². The van der Waals surface area contributed by atoms with Crippen molar-refractivity contribution >= 4 is 21.8 Å². The van der Waals surface area contributed by atoms with E-state index in [2.05, 4.69) is 21.2 Å². The summed E-state index contributed by atoms with van der Waals surface area (Å²) in [5.74, 6) is 1.10. The quantitative estimate of drug-likeness (QED) is 0.756. The summed E-state index contributed by atoms with van der Waals surface area (Å²) < 4.78 is 0. The lowest BCUT2D eigenvalue weighted by Gasteiger charge is -2.16. The first-order valence-corrected chi connectivity index (χ1v) is 6.51. The summed E-state index contributed by atoms with van der Waals surface area (Å²) in [6.45, 7) is 2.94. The third-order valence-corrected chi connectivity index (χ3v) is 4.66. The molecule has 2 fully saturated rings. The molecule has 2 rings (SSSR count). The van der Waals surface area contributed by atoms with Gasteiger partial charge >= 0.3 is 0 Å². The van der Waals surface area contributed by atoms with Crippen molar-refractivity contribution < 1.29 is 4.79 Å². The number of amides is 1. The largest absolute Gasteiger partial charge is 0.355 e. The number of rotatable bonds is 5. The van der Waals surface area contributed by atoms with Crippen molar-refractivity contribution in [2.75, 3.05) is 6.54 Å². The lowest BCUT2D eigenvalue weighted by Crippen LogP contribution is -2.35. The monoisotopic (exact) mass is 259 g/mol. The van der Waals surface area contributed by atoms with Gasteiger partial charge in [-0.05, 0) is 43.4 Å². The van der Waals surface area contributed by atoms with Crippen molar-refractivity contribution in [1.82, 2.24) is 5.32 Å². The van der Waals surface area contributed by atoms with Gasteiger partial charge in [0.1, 0.15) is 0 Å². The number of hydrogen-bond donors (Lipinski definition) is 1. The molecule has 1 amide bonds. The number of nitrogens with one attached hydrogen (secondary N) is 1. The molecule has 14 heavy (non-hydrogen) atoms. The third-order valence-electron chi connectivity index (χ3n) is 3.59. The van der Waals surface area contributed by atoms with Crippen LogP contribution in [0.2, 0.25) is 0 Å². The van der Waals surface area contributed by atoms with Crippen LogP contribution in [0.1, 0.15) is 39.0 Å². The molecule has 2 aliphatic rings. The first kappa shape index (κ1) is 10.5. The third kappa shape index (κ3) is 2.13. The number of carbonyl (C=O) groups excluding carboxylic acids is 1. The van der Waals surface area contributed by atoms with Gasteiger partial charge in [-0.1, -0.05) is 22.9 Å². The zero-order valence-electron chi connectivity index (χ0n) is 8.68. The smallest absolute Gasteiger partial charge is 0.233 e. The van der Waals surface area contributed by atoms with Gasteiger partial charge in [-0.2, -0.15) is 0 Å². The molecule has 0 aromatic rings. The first-order valence-electron chi connectivity index (χ1n) is 5.60. The topological polar surface area (TPSA) is 29.1 Å². The molecule has 0 spiro atoms. The molecule has 0 bridgehead atoms. The highest BCUT2D eigenvalue weighted by Gasteiger charge is 2.53. The van der Waals surface area contributed by atoms with Crippen LogP contribution in [0.4, 0.5) is 0 Å². The van der Waals surface area contributed by atoms with Crippen molar-refractivity contribution in [2.24, 2.45) is 11.3 Å². The van der Waals surface area contributed by atoms with Crippen molar-refractivity contribution in [3.05, 3.63) is 0 Å². The Balaban J connectivity index is 1.74. The van der Waals surface area contributed by atoms with Gasteiger partial charge in [-0.25, -0.2) is 0 Å². The Labute approximate surface area is 94.0 Å². The van der Waals surface area contributed by atoms with Crippen LogP contribution in [0, 0.1) is 11.3 Å². The Hall–Kier alpha value is -0.0500. The van der Waals surface area contributed by atoms with Gasteiger partial charge in [0, 0.05) is 6.54 Å². The maximum absolute atomic E-state index is 11.5. The van der Waals surface area contributed by atoms with Crippen LogP contribution in [0.3, 0.4) is 0 Å². The Bertz CT molecular complexity index is 233. The van der Waals surface area contributed by atoms with E-state index in [0.717, 1.165) is 18.9 Å². The Kier molecular flexibility index (Phi) is 2.87. The van der Waals surface area contributed by atoms with E-state index in [1.165, 1.54) is 25.7 Å². The summed E-state index contributed by atoms with van der Waals surface area (Å²) in [7, 11) is 0. The molecule has 2 saturated carbocycles. The SMILES string of the molecule is CCC(Br)C(=O)NCC1(C2CC2)CC1. The normalized spacial score (nSPS) is 25.6.